The van der Waals surface area contributed by atoms with E-state index >= 15 is 0 Å². The van der Waals surface area contributed by atoms with Crippen LogP contribution >= 0.6 is 0 Å². The zero-order valence-corrected chi connectivity index (χ0v) is 12.1. The van der Waals surface area contributed by atoms with Crippen LogP contribution in [0.5, 0.6) is 0 Å². The van der Waals surface area contributed by atoms with Crippen LogP contribution in [0.3, 0.4) is 0 Å². The fourth-order valence-electron chi connectivity index (χ4n) is 2.04. The molecule has 0 bridgehead atoms. The SMILES string of the molecule is CCC(C)C1CCCCC1.CO.CS(N)=O.[HH]. The highest BCUT2D eigenvalue weighted by atomic mass is 32.2. The second-order valence-electron chi connectivity index (χ2n) is 4.28. The standard InChI is InChI=1S/C10H20.CH5NOS.CH4O.H2/c1-3-9(2)10-7-5-4-6-8-10;1-4(2)3;1-2;/h9-10H,3-8H2,1-2H3;2H2,1H3;2H,1H3;1H. The molecular weight excluding hydrogens is 222 g/mol. The molecule has 0 saturated heterocycles. The Balaban J connectivity index is -0.000000242. The van der Waals surface area contributed by atoms with Crippen molar-refractivity contribution in [3.05, 3.63) is 0 Å². The molecule has 3 nitrogen and oxygen atoms in total. The molecule has 1 fully saturated rings. The van der Waals surface area contributed by atoms with E-state index in [0.717, 1.165) is 18.9 Å². The second-order valence-corrected chi connectivity index (χ2v) is 5.28. The first-order chi connectivity index (χ1) is 7.57. The lowest BCUT2D eigenvalue weighted by Crippen LogP contribution is -2.14. The van der Waals surface area contributed by atoms with Gasteiger partial charge in [-0.2, -0.15) is 0 Å². The number of hydrogen-bond donors (Lipinski definition) is 2. The van der Waals surface area contributed by atoms with Crippen molar-refractivity contribution in [2.24, 2.45) is 17.0 Å². The molecule has 0 aromatic heterocycles. The zero-order valence-electron chi connectivity index (χ0n) is 11.2. The summed E-state index contributed by atoms with van der Waals surface area (Å²) in [4.78, 5) is 0. The summed E-state index contributed by atoms with van der Waals surface area (Å²) in [5.41, 5.74) is 0. The van der Waals surface area contributed by atoms with Gasteiger partial charge in [0.25, 0.3) is 0 Å². The molecule has 2 atom stereocenters. The van der Waals surface area contributed by atoms with Crippen molar-refractivity contribution in [3.8, 4) is 0 Å². The van der Waals surface area contributed by atoms with Crippen molar-refractivity contribution in [2.45, 2.75) is 52.4 Å². The smallest absolute Gasteiger partial charge is 0.0856 e. The third kappa shape index (κ3) is 12.1. The monoisotopic (exact) mass is 253 g/mol. The molecule has 102 valence electrons. The van der Waals surface area contributed by atoms with Gasteiger partial charge in [0.2, 0.25) is 0 Å². The van der Waals surface area contributed by atoms with Crippen LogP contribution in [-0.2, 0) is 11.0 Å². The maximum atomic E-state index is 9.33. The van der Waals surface area contributed by atoms with Crippen LogP contribution in [0, 0.1) is 11.8 Å². The Morgan fingerprint density at radius 2 is 1.75 bits per heavy atom. The topological polar surface area (TPSA) is 63.3 Å². The van der Waals surface area contributed by atoms with Crippen LogP contribution in [0.4, 0.5) is 0 Å². The minimum atomic E-state index is -1.11. The van der Waals surface area contributed by atoms with Gasteiger partial charge in [-0.3, -0.25) is 5.14 Å². The Morgan fingerprint density at radius 3 is 2.06 bits per heavy atom. The average Bonchev–Trinajstić information content (AvgIpc) is 2.31. The Kier molecular flexibility index (Phi) is 15.1. The van der Waals surface area contributed by atoms with Crippen LogP contribution in [0.2, 0.25) is 0 Å². The minimum Gasteiger partial charge on any atom is -0.400 e. The molecule has 4 heteroatoms. The number of nitrogens with two attached hydrogens (primary N) is 1. The molecule has 16 heavy (non-hydrogen) atoms. The van der Waals surface area contributed by atoms with E-state index in [4.69, 9.17) is 5.11 Å². The third-order valence-corrected chi connectivity index (χ3v) is 3.10. The first kappa shape index (κ1) is 18.4. The fourth-order valence-corrected chi connectivity index (χ4v) is 2.04. The summed E-state index contributed by atoms with van der Waals surface area (Å²) in [7, 11) is -0.111. The number of rotatable bonds is 2. The lowest BCUT2D eigenvalue weighted by Gasteiger charge is -2.26. The maximum Gasteiger partial charge on any atom is 0.0856 e. The van der Waals surface area contributed by atoms with Crippen LogP contribution < -0.4 is 5.14 Å². The van der Waals surface area contributed by atoms with E-state index in [2.05, 4.69) is 19.0 Å². The first-order valence-corrected chi connectivity index (χ1v) is 7.72. The summed E-state index contributed by atoms with van der Waals surface area (Å²) < 4.78 is 9.33. The van der Waals surface area contributed by atoms with E-state index < -0.39 is 11.0 Å². The molecule has 3 N–H and O–H groups in total. The maximum absolute atomic E-state index is 9.33. The van der Waals surface area contributed by atoms with E-state index in [-0.39, 0.29) is 1.43 Å². The predicted molar refractivity (Wildman–Crippen MR) is 74.5 cm³/mol. The van der Waals surface area contributed by atoms with Gasteiger partial charge in [0.15, 0.2) is 0 Å². The van der Waals surface area contributed by atoms with E-state index in [0.29, 0.717) is 0 Å². The summed E-state index contributed by atoms with van der Waals surface area (Å²) in [6.45, 7) is 4.73. The molecule has 0 amide bonds. The largest absolute Gasteiger partial charge is 0.400 e. The Hall–Kier alpha value is 0.0700. The van der Waals surface area contributed by atoms with Gasteiger partial charge in [-0.05, 0) is 11.8 Å². The van der Waals surface area contributed by atoms with Crippen molar-refractivity contribution >= 4 is 11.0 Å². The number of hydrogen-bond acceptors (Lipinski definition) is 2. The van der Waals surface area contributed by atoms with Gasteiger partial charge in [0.05, 0.1) is 11.0 Å². The van der Waals surface area contributed by atoms with Gasteiger partial charge in [-0.25, -0.2) is 4.21 Å². The lowest BCUT2D eigenvalue weighted by atomic mass is 9.80. The molecule has 0 aliphatic heterocycles. The highest BCUT2D eigenvalue weighted by molar-refractivity contribution is 7.81. The molecule has 0 aromatic carbocycles. The van der Waals surface area contributed by atoms with Crippen molar-refractivity contribution < 1.29 is 10.7 Å². The first-order valence-electron chi connectivity index (χ1n) is 6.10. The summed E-state index contributed by atoms with van der Waals surface area (Å²) in [6, 6.07) is 0. The zero-order chi connectivity index (χ0) is 13.0. The normalized spacial score (nSPS) is 19.6. The van der Waals surface area contributed by atoms with Crippen LogP contribution in [-0.4, -0.2) is 22.7 Å². The Labute approximate surface area is 105 Å². The van der Waals surface area contributed by atoms with E-state index in [1.165, 1.54) is 44.8 Å². The highest BCUT2D eigenvalue weighted by Gasteiger charge is 2.17. The van der Waals surface area contributed by atoms with Crippen molar-refractivity contribution in [1.82, 2.24) is 0 Å². The number of aliphatic hydroxyl groups is 1. The average molecular weight is 253 g/mol. The Morgan fingerprint density at radius 1 is 1.38 bits per heavy atom. The van der Waals surface area contributed by atoms with E-state index in [1.807, 2.05) is 0 Å². The Bertz CT molecular complexity index is 161. The molecule has 1 rings (SSSR count). The second kappa shape index (κ2) is 13.1. The predicted octanol–water partition coefficient (Wildman–Crippen LogP) is 2.71. The number of aliphatic hydroxyl groups excluding tert-OH is 1. The molecule has 1 saturated carbocycles. The van der Waals surface area contributed by atoms with Crippen LogP contribution in [0.1, 0.15) is 53.8 Å². The van der Waals surface area contributed by atoms with Gasteiger partial charge in [0.1, 0.15) is 0 Å². The summed E-state index contributed by atoms with van der Waals surface area (Å²) >= 11 is 0. The summed E-state index contributed by atoms with van der Waals surface area (Å²) in [5, 5.41) is 11.6. The molecule has 1 aliphatic carbocycles. The molecule has 2 unspecified atom stereocenters. The van der Waals surface area contributed by atoms with Gasteiger partial charge in [-0.1, -0.05) is 52.4 Å². The third-order valence-electron chi connectivity index (χ3n) is 3.10. The molecule has 0 heterocycles. The molecule has 1 aliphatic rings. The molecule has 0 aromatic rings. The van der Waals surface area contributed by atoms with Crippen LogP contribution in [0.25, 0.3) is 0 Å². The summed E-state index contributed by atoms with van der Waals surface area (Å²) in [5.74, 6) is 2.05. The van der Waals surface area contributed by atoms with Gasteiger partial charge in [-0.15, -0.1) is 0 Å². The van der Waals surface area contributed by atoms with Crippen LogP contribution in [0.15, 0.2) is 0 Å². The van der Waals surface area contributed by atoms with Crippen molar-refractivity contribution in [1.29, 1.82) is 0 Å². The van der Waals surface area contributed by atoms with Gasteiger partial charge >= 0.3 is 0 Å². The molecular formula is C12H31NO2S. The van der Waals surface area contributed by atoms with Crippen molar-refractivity contribution in [2.75, 3.05) is 13.4 Å². The quantitative estimate of drug-likeness (QED) is 0.795. The van der Waals surface area contributed by atoms with Crippen molar-refractivity contribution in [3.63, 3.8) is 0 Å². The fraction of sp³-hybridized carbons (Fsp3) is 1.00. The minimum absolute atomic E-state index is 0. The lowest BCUT2D eigenvalue weighted by molar-refractivity contribution is 0.258. The molecule has 0 radical (unpaired) electrons. The van der Waals surface area contributed by atoms with Gasteiger partial charge in [0, 0.05) is 14.8 Å². The molecule has 0 spiro atoms. The van der Waals surface area contributed by atoms with E-state index in [9.17, 15) is 4.21 Å². The summed E-state index contributed by atoms with van der Waals surface area (Å²) in [6.07, 6.45) is 10.3. The highest BCUT2D eigenvalue weighted by Crippen LogP contribution is 2.30. The van der Waals surface area contributed by atoms with Gasteiger partial charge < -0.3 is 5.11 Å². The van der Waals surface area contributed by atoms with E-state index in [1.54, 1.807) is 0 Å².